The van der Waals surface area contributed by atoms with E-state index in [4.69, 9.17) is 0 Å². The molecule has 0 N–H and O–H groups in total. The Bertz CT molecular complexity index is 199. The highest BCUT2D eigenvalue weighted by atomic mass is 16.1. The predicted octanol–water partition coefficient (Wildman–Crippen LogP) is 0.242. The fourth-order valence-corrected chi connectivity index (χ4v) is 0.375. The fourth-order valence-electron chi connectivity index (χ4n) is 0.375. The van der Waals surface area contributed by atoms with Crippen molar-refractivity contribution in [3.05, 3.63) is 40.8 Å². The van der Waals surface area contributed by atoms with Crippen molar-refractivity contribution in [2.24, 2.45) is 0 Å². The van der Waals surface area contributed by atoms with Gasteiger partial charge in [-0.05, 0) is 6.07 Å². The molecule has 0 spiro atoms. The Morgan fingerprint density at radius 3 is 3.25 bits per heavy atom. The van der Waals surface area contributed by atoms with E-state index in [1.807, 2.05) is 0 Å². The summed E-state index contributed by atoms with van der Waals surface area (Å²) in [5, 5.41) is 0. The molecule has 0 bridgehead atoms. The third-order valence-electron chi connectivity index (χ3n) is 0.695. The highest BCUT2D eigenvalue weighted by Gasteiger charge is 1.71. The molecule has 2 heteroatoms. The molecule has 0 saturated heterocycles. The lowest BCUT2D eigenvalue weighted by Gasteiger charge is -1.55. The smallest absolute Gasteiger partial charge is 0.267 e. The maximum absolute atomic E-state index is 10.3. The van der Waals surface area contributed by atoms with E-state index in [1.165, 1.54) is 6.07 Å². The van der Waals surface area contributed by atoms with Crippen molar-refractivity contribution in [1.82, 2.24) is 4.98 Å². The van der Waals surface area contributed by atoms with Crippen molar-refractivity contribution < 1.29 is 0 Å². The number of nitrogens with zero attached hydrogens (tertiary/aromatic N) is 1. The first-order valence-corrected chi connectivity index (χ1v) is 2.23. The van der Waals surface area contributed by atoms with E-state index < -0.39 is 0 Å². The van der Waals surface area contributed by atoms with Gasteiger partial charge in [-0.2, -0.15) is 0 Å². The van der Waals surface area contributed by atoms with Gasteiger partial charge in [-0.15, -0.1) is 0 Å². The predicted molar refractivity (Wildman–Crippen MR) is 29.3 cm³/mol. The minimum Gasteiger partial charge on any atom is -0.267 e. The maximum atomic E-state index is 10.3. The number of hydrogen-bond donors (Lipinski definition) is 0. The van der Waals surface area contributed by atoms with E-state index in [2.05, 4.69) is 11.2 Å². The molecule has 0 amide bonds. The molecule has 1 aromatic heterocycles. The molecule has 1 heterocycles. The lowest BCUT2D eigenvalue weighted by atomic mass is 10.5. The molecular weight excluding hydrogens is 102 g/mol. The van der Waals surface area contributed by atoms with Crippen molar-refractivity contribution in [3.8, 4) is 0 Å². The minimum absolute atomic E-state index is 0.255. The second kappa shape index (κ2) is 2.21. The van der Waals surface area contributed by atoms with E-state index in [1.54, 1.807) is 18.2 Å². The van der Waals surface area contributed by atoms with Crippen LogP contribution in [-0.4, -0.2) is 4.98 Å². The molecule has 0 fully saturated rings. The largest absolute Gasteiger partial charge is 0.270 e. The second-order valence-electron chi connectivity index (χ2n) is 1.30. The molecule has 0 atom stereocenters. The van der Waals surface area contributed by atoms with Crippen molar-refractivity contribution in [1.29, 1.82) is 0 Å². The molecule has 1 aromatic rings. The first kappa shape index (κ1) is 4.97. The van der Waals surface area contributed by atoms with Crippen LogP contribution >= 0.6 is 0 Å². The average Bonchev–Trinajstić information content (AvgIpc) is 1.94. The summed E-state index contributed by atoms with van der Waals surface area (Å²) in [6, 6.07) is 6.30. The lowest BCUT2D eigenvalue weighted by molar-refractivity contribution is 1.26. The van der Waals surface area contributed by atoms with Crippen LogP contribution in [0, 0.1) is 6.20 Å². The molecule has 0 saturated carbocycles. The summed E-state index contributed by atoms with van der Waals surface area (Å²) in [5.41, 5.74) is -0.255. The Kier molecular flexibility index (Phi) is 1.37. The Hall–Kier alpha value is -1.18. The van der Waals surface area contributed by atoms with Crippen LogP contribution in [0.3, 0.4) is 0 Å². The molecule has 1 radical (unpaired) electrons. The highest BCUT2D eigenvalue weighted by molar-refractivity contribution is 4.90. The van der Waals surface area contributed by atoms with Gasteiger partial charge in [0.2, 0.25) is 0 Å². The first-order valence-electron chi connectivity index (χ1n) is 2.23. The summed E-state index contributed by atoms with van der Waals surface area (Å²) >= 11 is 0. The molecule has 0 aliphatic carbocycles. The minimum atomic E-state index is -0.255. The molecule has 0 aromatic carbocycles. The molecule has 39 valence electrons. The third kappa shape index (κ3) is 1.15. The van der Waals surface area contributed by atoms with E-state index in [-0.39, 0.29) is 5.56 Å². The van der Waals surface area contributed by atoms with Gasteiger partial charge >= 0.3 is 0 Å². The third-order valence-corrected chi connectivity index (χ3v) is 0.695. The zero-order valence-electron chi connectivity index (χ0n) is 4.16. The Balaban J connectivity index is 3.32. The van der Waals surface area contributed by atoms with E-state index in [9.17, 15) is 4.79 Å². The number of aromatic nitrogens is 1. The number of hydrogen-bond acceptors (Lipinski definition) is 2. The quantitative estimate of drug-likeness (QED) is 0.474. The fraction of sp³-hybridized carbons (Fsp3) is 0. The summed E-state index contributed by atoms with van der Waals surface area (Å²) < 4.78 is 0. The zero-order chi connectivity index (χ0) is 5.82. The van der Waals surface area contributed by atoms with Crippen molar-refractivity contribution in [3.63, 3.8) is 0 Å². The van der Waals surface area contributed by atoms with Crippen LogP contribution in [0.1, 0.15) is 0 Å². The molecule has 2 nitrogen and oxygen atoms in total. The van der Waals surface area contributed by atoms with Gasteiger partial charge in [-0.1, -0.05) is 12.1 Å². The summed E-state index contributed by atoms with van der Waals surface area (Å²) in [5.74, 6) is 0. The average molecular weight is 106 g/mol. The first-order chi connectivity index (χ1) is 3.89. The molecule has 0 unspecified atom stereocenters. The summed E-state index contributed by atoms with van der Waals surface area (Å²) in [6.07, 6.45) is 2.43. The van der Waals surface area contributed by atoms with E-state index in [0.29, 0.717) is 0 Å². The number of rotatable bonds is 0. The van der Waals surface area contributed by atoms with Crippen LogP contribution in [0.5, 0.6) is 0 Å². The lowest BCUT2D eigenvalue weighted by Crippen LogP contribution is -1.96. The van der Waals surface area contributed by atoms with Crippen LogP contribution in [0.25, 0.3) is 0 Å². The van der Waals surface area contributed by atoms with Gasteiger partial charge in [0.15, 0.2) is 0 Å². The van der Waals surface area contributed by atoms with Crippen molar-refractivity contribution in [2.75, 3.05) is 0 Å². The second-order valence-corrected chi connectivity index (χ2v) is 1.30. The normalized spacial score (nSPS) is 8.50. The summed E-state index contributed by atoms with van der Waals surface area (Å²) in [4.78, 5) is 13.7. The molecule has 0 aliphatic heterocycles. The highest BCUT2D eigenvalue weighted by Crippen LogP contribution is 1.68. The van der Waals surface area contributed by atoms with Gasteiger partial charge < -0.3 is 0 Å². The van der Waals surface area contributed by atoms with Gasteiger partial charge in [0, 0.05) is 6.07 Å². The van der Waals surface area contributed by atoms with Crippen molar-refractivity contribution >= 4 is 0 Å². The summed E-state index contributed by atoms with van der Waals surface area (Å²) in [6.45, 7) is 0. The SMILES string of the molecule is O=c1cccc[c]n1. The zero-order valence-corrected chi connectivity index (χ0v) is 4.16. The van der Waals surface area contributed by atoms with Gasteiger partial charge in [0.1, 0.15) is 0 Å². The topological polar surface area (TPSA) is 30.0 Å². The van der Waals surface area contributed by atoms with Gasteiger partial charge in [0.25, 0.3) is 5.56 Å². The van der Waals surface area contributed by atoms with Crippen LogP contribution < -0.4 is 5.56 Å². The van der Waals surface area contributed by atoms with Crippen molar-refractivity contribution in [2.45, 2.75) is 0 Å². The standard InChI is InChI=1S/C6H4NO/c8-6-4-2-1-3-5-7-6/h1-4H. The van der Waals surface area contributed by atoms with Crippen LogP contribution in [0.4, 0.5) is 0 Å². The maximum Gasteiger partial charge on any atom is 0.270 e. The van der Waals surface area contributed by atoms with Gasteiger partial charge in [-0.3, -0.25) is 4.79 Å². The van der Waals surface area contributed by atoms with Gasteiger partial charge in [-0.25, -0.2) is 4.98 Å². The Morgan fingerprint density at radius 1 is 1.50 bits per heavy atom. The Labute approximate surface area is 46.8 Å². The van der Waals surface area contributed by atoms with E-state index >= 15 is 0 Å². The summed E-state index contributed by atoms with van der Waals surface area (Å²) in [7, 11) is 0. The molecule has 1 rings (SSSR count). The van der Waals surface area contributed by atoms with Gasteiger partial charge in [0.05, 0.1) is 6.20 Å². The molecule has 0 aliphatic rings. The van der Waals surface area contributed by atoms with Crippen LogP contribution in [0.2, 0.25) is 0 Å². The monoisotopic (exact) mass is 106 g/mol. The van der Waals surface area contributed by atoms with Crippen LogP contribution in [-0.2, 0) is 0 Å². The molecular formula is C6H4NO. The Morgan fingerprint density at radius 2 is 2.38 bits per heavy atom. The van der Waals surface area contributed by atoms with Crippen LogP contribution in [0.15, 0.2) is 29.1 Å². The molecule has 8 heavy (non-hydrogen) atoms. The van der Waals surface area contributed by atoms with E-state index in [0.717, 1.165) is 0 Å².